The number of amides is 1. The summed E-state index contributed by atoms with van der Waals surface area (Å²) in [4.78, 5) is 28.4. The number of anilines is 1. The quantitative estimate of drug-likeness (QED) is 0.327. The van der Waals surface area contributed by atoms with E-state index >= 15 is 0 Å². The second kappa shape index (κ2) is 8.62. The van der Waals surface area contributed by atoms with Crippen LogP contribution >= 0.6 is 0 Å². The topological polar surface area (TPSA) is 80.4 Å². The monoisotopic (exact) mass is 444 g/mol. The predicted octanol–water partition coefficient (Wildman–Crippen LogP) is 6.94. The smallest absolute Gasteiger partial charge is 0.412 e. The molecule has 0 bridgehead atoms. The number of benzene rings is 3. The molecule has 0 aliphatic carbocycles. The fourth-order valence-corrected chi connectivity index (χ4v) is 3.89. The van der Waals surface area contributed by atoms with Crippen LogP contribution in [0.4, 0.5) is 10.5 Å². The summed E-state index contributed by atoms with van der Waals surface area (Å²) in [6, 6.07) is 17.4. The summed E-state index contributed by atoms with van der Waals surface area (Å²) in [6.07, 6.45) is -0.113. The normalized spacial score (nSPS) is 11.5. The van der Waals surface area contributed by atoms with E-state index in [2.05, 4.69) is 16.4 Å². The van der Waals surface area contributed by atoms with Gasteiger partial charge in [-0.05, 0) is 68.3 Å². The summed E-state index contributed by atoms with van der Waals surface area (Å²) in [5.41, 5.74) is 4.20. The number of ether oxygens (including phenoxy) is 2. The maximum absolute atomic E-state index is 12.8. The number of H-pyrrole nitrogens is 1. The zero-order valence-corrected chi connectivity index (χ0v) is 19.5. The Morgan fingerprint density at radius 3 is 2.45 bits per heavy atom. The Kier molecular flexibility index (Phi) is 5.85. The first kappa shape index (κ1) is 22.4. The van der Waals surface area contributed by atoms with Gasteiger partial charge in [0.2, 0.25) is 0 Å². The van der Waals surface area contributed by atoms with Gasteiger partial charge in [0.1, 0.15) is 11.4 Å². The van der Waals surface area contributed by atoms with Crippen molar-refractivity contribution in [2.75, 3.05) is 12.4 Å². The van der Waals surface area contributed by atoms with Crippen LogP contribution in [-0.2, 0) is 4.74 Å². The van der Waals surface area contributed by atoms with Gasteiger partial charge in [0.05, 0.1) is 12.6 Å². The molecule has 1 aromatic heterocycles. The highest BCUT2D eigenvalue weighted by Crippen LogP contribution is 2.35. The molecule has 33 heavy (non-hydrogen) atoms. The van der Waals surface area contributed by atoms with E-state index in [1.165, 1.54) is 0 Å². The van der Waals surface area contributed by atoms with Crippen LogP contribution in [-0.4, -0.2) is 29.6 Å². The number of Topliss-reactive ketones (excluding diaryl/α,β-unsaturated/α-hetero) is 1. The minimum absolute atomic E-state index is 0.0587. The third kappa shape index (κ3) is 4.70. The maximum Gasteiger partial charge on any atom is 0.412 e. The lowest BCUT2D eigenvalue weighted by Crippen LogP contribution is -2.27. The number of carbonyl (C=O) groups is 2. The Bertz CT molecular complexity index is 1360. The van der Waals surface area contributed by atoms with E-state index in [4.69, 9.17) is 9.47 Å². The van der Waals surface area contributed by atoms with Crippen LogP contribution < -0.4 is 10.1 Å². The predicted molar refractivity (Wildman–Crippen MR) is 132 cm³/mol. The summed E-state index contributed by atoms with van der Waals surface area (Å²) >= 11 is 0. The van der Waals surface area contributed by atoms with Crippen LogP contribution in [0.1, 0.15) is 44.5 Å². The van der Waals surface area contributed by atoms with Crippen LogP contribution in [0.5, 0.6) is 5.75 Å². The van der Waals surface area contributed by atoms with Crippen LogP contribution in [0.15, 0.2) is 54.6 Å². The van der Waals surface area contributed by atoms with E-state index in [1.54, 1.807) is 7.11 Å². The van der Waals surface area contributed by atoms with Crippen molar-refractivity contribution in [3.8, 4) is 16.9 Å². The van der Waals surface area contributed by atoms with Gasteiger partial charge in [0.15, 0.2) is 5.78 Å². The average Bonchev–Trinajstić information content (AvgIpc) is 3.14. The van der Waals surface area contributed by atoms with Gasteiger partial charge in [-0.3, -0.25) is 10.1 Å². The van der Waals surface area contributed by atoms with Crippen molar-refractivity contribution in [1.29, 1.82) is 0 Å². The lowest BCUT2D eigenvalue weighted by Gasteiger charge is -2.19. The molecule has 1 amide bonds. The molecule has 2 N–H and O–H groups in total. The Morgan fingerprint density at radius 1 is 0.970 bits per heavy atom. The number of methoxy groups -OCH3 is 1. The molecule has 0 radical (unpaired) electrons. The first-order valence-corrected chi connectivity index (χ1v) is 11.0. The van der Waals surface area contributed by atoms with Crippen molar-refractivity contribution in [1.82, 2.24) is 4.98 Å². The summed E-state index contributed by atoms with van der Waals surface area (Å²) in [7, 11) is 1.64. The van der Waals surface area contributed by atoms with E-state index in [9.17, 15) is 9.59 Å². The van der Waals surface area contributed by atoms with E-state index in [-0.39, 0.29) is 5.78 Å². The molecule has 6 heteroatoms. The molecule has 0 fully saturated rings. The van der Waals surface area contributed by atoms with Crippen molar-refractivity contribution in [3.63, 3.8) is 0 Å². The molecule has 0 spiro atoms. The second-order valence-electron chi connectivity index (χ2n) is 8.97. The van der Waals surface area contributed by atoms with Gasteiger partial charge in [-0.25, -0.2) is 4.79 Å². The lowest BCUT2D eigenvalue weighted by atomic mass is 9.96. The Balaban J connectivity index is 1.83. The minimum atomic E-state index is -0.582. The van der Waals surface area contributed by atoms with E-state index in [1.807, 2.05) is 76.2 Å². The standard InChI is InChI=1S/C27H28N2O4/c1-6-24(30)22-14-17(16-8-7-9-19(12-16)32-5)13-21-20-11-10-18(15-23(20)29-25(21)22)28-26(31)33-27(2,3)4/h7-15,29H,6H2,1-5H3,(H,28,31). The molecule has 170 valence electrons. The van der Waals surface area contributed by atoms with E-state index in [0.717, 1.165) is 38.7 Å². The van der Waals surface area contributed by atoms with Crippen LogP contribution in [0, 0.1) is 0 Å². The molecule has 0 saturated heterocycles. The summed E-state index contributed by atoms with van der Waals surface area (Å²) in [5.74, 6) is 0.816. The second-order valence-corrected chi connectivity index (χ2v) is 8.97. The molecular weight excluding hydrogens is 416 g/mol. The fraction of sp³-hybridized carbons (Fsp3) is 0.259. The van der Waals surface area contributed by atoms with Gasteiger partial charge in [-0.1, -0.05) is 25.1 Å². The Hall–Kier alpha value is -3.80. The molecule has 6 nitrogen and oxygen atoms in total. The van der Waals surface area contributed by atoms with Crippen molar-refractivity contribution in [2.45, 2.75) is 39.7 Å². The molecule has 4 aromatic rings. The van der Waals surface area contributed by atoms with Crippen molar-refractivity contribution in [3.05, 3.63) is 60.2 Å². The number of aromatic nitrogens is 1. The number of fused-ring (bicyclic) bond motifs is 3. The molecule has 0 saturated carbocycles. The number of rotatable bonds is 5. The van der Waals surface area contributed by atoms with Crippen molar-refractivity contribution >= 4 is 39.4 Å². The van der Waals surface area contributed by atoms with Gasteiger partial charge in [-0.2, -0.15) is 0 Å². The summed E-state index contributed by atoms with van der Waals surface area (Å²) in [6.45, 7) is 7.32. The van der Waals surface area contributed by atoms with Crippen molar-refractivity contribution in [2.24, 2.45) is 0 Å². The Labute approximate surface area is 192 Å². The zero-order valence-electron chi connectivity index (χ0n) is 19.5. The molecule has 0 aliphatic rings. The minimum Gasteiger partial charge on any atom is -0.497 e. The first-order chi connectivity index (χ1) is 15.7. The SMILES string of the molecule is CCC(=O)c1cc(-c2cccc(OC)c2)cc2c1[nH]c1cc(NC(=O)OC(C)(C)C)ccc12. The highest BCUT2D eigenvalue weighted by Gasteiger charge is 2.18. The molecule has 0 atom stereocenters. The highest BCUT2D eigenvalue weighted by atomic mass is 16.6. The van der Waals surface area contributed by atoms with Crippen molar-refractivity contribution < 1.29 is 19.1 Å². The van der Waals surface area contributed by atoms with Crippen LogP contribution in [0.25, 0.3) is 32.9 Å². The largest absolute Gasteiger partial charge is 0.497 e. The highest BCUT2D eigenvalue weighted by molar-refractivity contribution is 6.17. The molecular formula is C27H28N2O4. The third-order valence-corrected chi connectivity index (χ3v) is 5.38. The lowest BCUT2D eigenvalue weighted by molar-refractivity contribution is 0.0635. The summed E-state index contributed by atoms with van der Waals surface area (Å²) in [5, 5.41) is 4.69. The van der Waals surface area contributed by atoms with Gasteiger partial charge >= 0.3 is 6.09 Å². The van der Waals surface area contributed by atoms with Crippen LogP contribution in [0.3, 0.4) is 0 Å². The number of hydrogen-bond donors (Lipinski definition) is 2. The fourth-order valence-electron chi connectivity index (χ4n) is 3.89. The zero-order chi connectivity index (χ0) is 23.8. The number of nitrogens with one attached hydrogen (secondary N) is 2. The average molecular weight is 445 g/mol. The number of carbonyl (C=O) groups excluding carboxylic acids is 2. The first-order valence-electron chi connectivity index (χ1n) is 11.0. The maximum atomic E-state index is 12.8. The number of hydrogen-bond acceptors (Lipinski definition) is 4. The van der Waals surface area contributed by atoms with E-state index in [0.29, 0.717) is 17.7 Å². The van der Waals surface area contributed by atoms with Gasteiger partial charge in [0.25, 0.3) is 0 Å². The molecule has 3 aromatic carbocycles. The third-order valence-electron chi connectivity index (χ3n) is 5.38. The Morgan fingerprint density at radius 2 is 1.76 bits per heavy atom. The van der Waals surface area contributed by atoms with Gasteiger partial charge < -0.3 is 14.5 Å². The summed E-state index contributed by atoms with van der Waals surface area (Å²) < 4.78 is 10.7. The number of aromatic amines is 1. The van der Waals surface area contributed by atoms with E-state index < -0.39 is 11.7 Å². The number of ketones is 1. The molecule has 4 rings (SSSR count). The molecule has 0 aliphatic heterocycles. The molecule has 1 heterocycles. The van der Waals surface area contributed by atoms with Gasteiger partial charge in [0, 0.05) is 34.0 Å². The molecule has 0 unspecified atom stereocenters. The van der Waals surface area contributed by atoms with Gasteiger partial charge in [-0.15, -0.1) is 0 Å². The van der Waals surface area contributed by atoms with Crippen LogP contribution in [0.2, 0.25) is 0 Å².